The first-order chi connectivity index (χ1) is 21.0. The van der Waals surface area contributed by atoms with E-state index in [2.05, 4.69) is 20.9 Å². The van der Waals surface area contributed by atoms with Crippen molar-refractivity contribution in [3.8, 4) is 5.75 Å². The fraction of sp³-hybridized carbons (Fsp3) is 0.367. The number of aliphatic carboxylic acids is 2. The molecule has 1 aromatic heterocycles. The van der Waals surface area contributed by atoms with Gasteiger partial charge in [-0.2, -0.15) is 11.8 Å². The Balaban J connectivity index is 1.89. The number of nitrogens with one attached hydrogen (secondary N) is 4. The van der Waals surface area contributed by atoms with Gasteiger partial charge in [-0.05, 0) is 54.2 Å². The third-order valence-electron chi connectivity index (χ3n) is 6.97. The summed E-state index contributed by atoms with van der Waals surface area (Å²) in [5.41, 5.74) is 7.99. The highest BCUT2D eigenvalue weighted by Crippen LogP contribution is 2.20. The Morgan fingerprint density at radius 2 is 1.45 bits per heavy atom. The predicted octanol–water partition coefficient (Wildman–Crippen LogP) is 1.14. The minimum absolute atomic E-state index is 0.00235. The van der Waals surface area contributed by atoms with Gasteiger partial charge in [0.05, 0.1) is 6.04 Å². The summed E-state index contributed by atoms with van der Waals surface area (Å²) in [5, 5.41) is 36.9. The van der Waals surface area contributed by atoms with Gasteiger partial charge in [-0.25, -0.2) is 4.79 Å². The largest absolute Gasteiger partial charge is 0.508 e. The van der Waals surface area contributed by atoms with Crippen molar-refractivity contribution in [2.75, 3.05) is 12.0 Å². The summed E-state index contributed by atoms with van der Waals surface area (Å²) in [6.45, 7) is 0. The van der Waals surface area contributed by atoms with Crippen molar-refractivity contribution in [2.45, 2.75) is 56.3 Å². The molecule has 0 saturated carbocycles. The van der Waals surface area contributed by atoms with E-state index in [0.717, 1.165) is 10.9 Å². The average Bonchev–Trinajstić information content (AvgIpc) is 3.40. The summed E-state index contributed by atoms with van der Waals surface area (Å²) in [5.74, 6) is -4.08. The number of phenolic OH excluding ortho intramolecular Hbond substituents is 1. The lowest BCUT2D eigenvalue weighted by Gasteiger charge is -2.25. The van der Waals surface area contributed by atoms with Crippen LogP contribution in [0.15, 0.2) is 54.7 Å². The van der Waals surface area contributed by atoms with E-state index in [9.17, 15) is 34.2 Å². The Labute approximate surface area is 258 Å². The van der Waals surface area contributed by atoms with Gasteiger partial charge in [-0.15, -0.1) is 0 Å². The van der Waals surface area contributed by atoms with E-state index in [0.29, 0.717) is 16.9 Å². The number of amides is 3. The van der Waals surface area contributed by atoms with Crippen LogP contribution in [0.4, 0.5) is 0 Å². The number of carboxylic acids is 2. The fourth-order valence-corrected chi connectivity index (χ4v) is 5.00. The number of carbonyl (C=O) groups is 5. The molecule has 4 atom stereocenters. The number of carboxylic acid groups (broad SMARTS) is 2. The molecule has 14 heteroatoms. The van der Waals surface area contributed by atoms with Gasteiger partial charge in [-0.3, -0.25) is 19.2 Å². The summed E-state index contributed by atoms with van der Waals surface area (Å²) in [4.78, 5) is 66.0. The number of benzene rings is 2. The summed E-state index contributed by atoms with van der Waals surface area (Å²) in [6, 6.07) is 8.47. The number of hydrogen-bond acceptors (Lipinski definition) is 8. The number of aromatic amines is 1. The summed E-state index contributed by atoms with van der Waals surface area (Å²) in [6.07, 6.45) is 3.14. The molecule has 0 spiro atoms. The molecule has 0 radical (unpaired) electrons. The van der Waals surface area contributed by atoms with E-state index in [-0.39, 0.29) is 37.9 Å². The highest BCUT2D eigenvalue weighted by Gasteiger charge is 2.31. The normalized spacial score (nSPS) is 13.8. The molecule has 0 fully saturated rings. The monoisotopic (exact) mass is 627 g/mol. The second-order valence-electron chi connectivity index (χ2n) is 10.3. The van der Waals surface area contributed by atoms with Crippen LogP contribution in [0, 0.1) is 0 Å². The van der Waals surface area contributed by atoms with Gasteiger partial charge in [-0.1, -0.05) is 30.3 Å². The van der Waals surface area contributed by atoms with E-state index >= 15 is 0 Å². The second-order valence-corrected chi connectivity index (χ2v) is 11.3. The molecule has 3 aromatic rings. The molecular formula is C30H37N5O8S. The van der Waals surface area contributed by atoms with E-state index < -0.39 is 53.8 Å². The molecule has 3 rings (SSSR count). The second kappa shape index (κ2) is 16.3. The third kappa shape index (κ3) is 10.0. The molecule has 236 valence electrons. The molecule has 2 aromatic carbocycles. The molecule has 0 aliphatic heterocycles. The molecule has 0 aliphatic carbocycles. The van der Waals surface area contributed by atoms with Gasteiger partial charge in [0, 0.05) is 36.4 Å². The van der Waals surface area contributed by atoms with E-state index in [1.807, 2.05) is 30.5 Å². The number of carbonyl (C=O) groups excluding carboxylic acids is 3. The van der Waals surface area contributed by atoms with Gasteiger partial charge < -0.3 is 42.0 Å². The van der Waals surface area contributed by atoms with Gasteiger partial charge in [0.15, 0.2) is 0 Å². The lowest BCUT2D eigenvalue weighted by atomic mass is 10.0. The number of aromatic hydroxyl groups is 1. The van der Waals surface area contributed by atoms with Crippen molar-refractivity contribution in [2.24, 2.45) is 5.73 Å². The number of thioether (sulfide) groups is 1. The standard InChI is InChI=1S/C30H37N5O8S/c1-44-13-12-23(30(42)43)33-28(40)24(14-17-6-8-19(36)9-7-17)35-29(41)25(34-27(39)21(31)10-11-26(37)38)15-18-16-32-22-5-3-2-4-20(18)22/h2-9,16,21,23-25,32,36H,10-15,31H2,1H3,(H,33,40)(H,34,39)(H,35,41)(H,37,38)(H,42,43). The molecule has 3 amide bonds. The van der Waals surface area contributed by atoms with Crippen molar-refractivity contribution >= 4 is 52.3 Å². The molecule has 0 saturated heterocycles. The van der Waals surface area contributed by atoms with Crippen LogP contribution in [-0.4, -0.2) is 86.1 Å². The molecule has 44 heavy (non-hydrogen) atoms. The van der Waals surface area contributed by atoms with Crippen LogP contribution in [0.3, 0.4) is 0 Å². The number of fused-ring (bicyclic) bond motifs is 1. The first-order valence-corrected chi connectivity index (χ1v) is 15.3. The van der Waals surface area contributed by atoms with Crippen LogP contribution >= 0.6 is 11.8 Å². The van der Waals surface area contributed by atoms with Gasteiger partial charge >= 0.3 is 11.9 Å². The average molecular weight is 628 g/mol. The van der Waals surface area contributed by atoms with E-state index in [4.69, 9.17) is 10.8 Å². The highest BCUT2D eigenvalue weighted by atomic mass is 32.2. The Morgan fingerprint density at radius 1 is 0.841 bits per heavy atom. The molecule has 1 heterocycles. The maximum absolute atomic E-state index is 13.8. The Kier molecular flexibility index (Phi) is 12.6. The Hall–Kier alpha value is -4.56. The van der Waals surface area contributed by atoms with E-state index in [1.54, 1.807) is 18.3 Å². The lowest BCUT2D eigenvalue weighted by molar-refractivity contribution is -0.142. The van der Waals surface area contributed by atoms with Gasteiger partial charge in [0.1, 0.15) is 23.9 Å². The SMILES string of the molecule is CSCCC(NC(=O)C(Cc1ccc(O)cc1)NC(=O)C(Cc1c[nH]c2ccccc12)NC(=O)C(N)CCC(=O)O)C(=O)O. The summed E-state index contributed by atoms with van der Waals surface area (Å²) in [7, 11) is 0. The molecule has 9 N–H and O–H groups in total. The number of H-pyrrole nitrogens is 1. The van der Waals surface area contributed by atoms with Crippen LogP contribution < -0.4 is 21.7 Å². The van der Waals surface area contributed by atoms with Crippen LogP contribution in [0.2, 0.25) is 0 Å². The zero-order chi connectivity index (χ0) is 32.2. The molecule has 4 unspecified atom stereocenters. The van der Waals surface area contributed by atoms with E-state index in [1.165, 1.54) is 23.9 Å². The van der Waals surface area contributed by atoms with Crippen molar-refractivity contribution in [3.63, 3.8) is 0 Å². The number of nitrogens with two attached hydrogens (primary N) is 1. The number of aromatic nitrogens is 1. The van der Waals surface area contributed by atoms with Crippen molar-refractivity contribution < 1.29 is 39.3 Å². The van der Waals surface area contributed by atoms with Crippen LogP contribution in [0.1, 0.15) is 30.4 Å². The molecular weight excluding hydrogens is 590 g/mol. The molecule has 13 nitrogen and oxygen atoms in total. The Morgan fingerprint density at radius 3 is 2.09 bits per heavy atom. The zero-order valence-corrected chi connectivity index (χ0v) is 24.9. The maximum atomic E-state index is 13.8. The lowest BCUT2D eigenvalue weighted by Crippen LogP contribution is -2.58. The number of hydrogen-bond donors (Lipinski definition) is 8. The van der Waals surface area contributed by atoms with Crippen LogP contribution in [0.25, 0.3) is 10.9 Å². The summed E-state index contributed by atoms with van der Waals surface area (Å²) >= 11 is 1.42. The number of rotatable bonds is 17. The van der Waals surface area contributed by atoms with Crippen LogP contribution in [-0.2, 0) is 36.8 Å². The number of phenols is 1. The minimum atomic E-state index is -1.24. The molecule has 0 bridgehead atoms. The topological polar surface area (TPSA) is 224 Å². The quantitative estimate of drug-likeness (QED) is 0.107. The van der Waals surface area contributed by atoms with Gasteiger partial charge in [0.25, 0.3) is 0 Å². The predicted molar refractivity (Wildman–Crippen MR) is 165 cm³/mol. The third-order valence-corrected chi connectivity index (χ3v) is 7.62. The molecule has 0 aliphatic rings. The van der Waals surface area contributed by atoms with Crippen molar-refractivity contribution in [1.82, 2.24) is 20.9 Å². The maximum Gasteiger partial charge on any atom is 0.326 e. The zero-order valence-electron chi connectivity index (χ0n) is 24.1. The minimum Gasteiger partial charge on any atom is -0.508 e. The Bertz CT molecular complexity index is 1460. The number of para-hydroxylation sites is 1. The smallest absolute Gasteiger partial charge is 0.326 e. The highest BCUT2D eigenvalue weighted by molar-refractivity contribution is 7.98. The van der Waals surface area contributed by atoms with Crippen molar-refractivity contribution in [1.29, 1.82) is 0 Å². The first kappa shape index (κ1) is 33.9. The van der Waals surface area contributed by atoms with Gasteiger partial charge in [0.2, 0.25) is 17.7 Å². The fourth-order valence-electron chi connectivity index (χ4n) is 4.53. The van der Waals surface area contributed by atoms with Crippen LogP contribution in [0.5, 0.6) is 5.75 Å². The first-order valence-electron chi connectivity index (χ1n) is 13.9. The summed E-state index contributed by atoms with van der Waals surface area (Å²) < 4.78 is 0. The van der Waals surface area contributed by atoms with Crippen molar-refractivity contribution in [3.05, 3.63) is 65.9 Å².